The number of nitrogens with zero attached hydrogens (tertiary/aromatic N) is 2. The van der Waals surface area contributed by atoms with Crippen molar-refractivity contribution in [2.45, 2.75) is 19.5 Å². The Morgan fingerprint density at radius 2 is 2.38 bits per heavy atom. The molecule has 16 heavy (non-hydrogen) atoms. The topological polar surface area (TPSA) is 28.2 Å². The monoisotopic (exact) mass is 257 g/mol. The molecule has 5 heteroatoms. The first-order chi connectivity index (χ1) is 7.88. The van der Waals surface area contributed by atoms with Gasteiger partial charge in [-0.1, -0.05) is 0 Å². The van der Waals surface area contributed by atoms with Crippen LogP contribution < -0.4 is 5.32 Å². The molecule has 0 bridgehead atoms. The number of thioether (sulfide) groups is 1. The van der Waals surface area contributed by atoms with E-state index in [9.17, 15) is 0 Å². The highest BCUT2D eigenvalue weighted by molar-refractivity contribution is 7.99. The van der Waals surface area contributed by atoms with Crippen molar-refractivity contribution >= 4 is 23.1 Å². The fourth-order valence-electron chi connectivity index (χ4n) is 1.84. The summed E-state index contributed by atoms with van der Waals surface area (Å²) in [6.45, 7) is 4.36. The van der Waals surface area contributed by atoms with Crippen molar-refractivity contribution in [1.82, 2.24) is 15.2 Å². The molecule has 3 nitrogen and oxygen atoms in total. The fourth-order valence-corrected chi connectivity index (χ4v) is 3.56. The summed E-state index contributed by atoms with van der Waals surface area (Å²) in [5, 5.41) is 6.54. The van der Waals surface area contributed by atoms with E-state index in [1.54, 1.807) is 11.3 Å². The minimum absolute atomic E-state index is 0.889. The van der Waals surface area contributed by atoms with E-state index in [0.29, 0.717) is 0 Å². The van der Waals surface area contributed by atoms with Gasteiger partial charge in [-0.2, -0.15) is 11.8 Å². The van der Waals surface area contributed by atoms with Crippen LogP contribution in [0.1, 0.15) is 17.1 Å². The molecule has 0 aliphatic carbocycles. The van der Waals surface area contributed by atoms with Crippen LogP contribution in [-0.4, -0.2) is 41.5 Å². The second-order valence-electron chi connectivity index (χ2n) is 4.00. The first kappa shape index (κ1) is 12.4. The molecule has 1 N–H and O–H groups in total. The maximum atomic E-state index is 4.63. The number of aromatic nitrogens is 1. The van der Waals surface area contributed by atoms with Gasteiger partial charge in [0.15, 0.2) is 0 Å². The third-order valence-corrected chi connectivity index (χ3v) is 4.57. The molecule has 1 fully saturated rings. The Hall–Kier alpha value is -0.100. The van der Waals surface area contributed by atoms with Gasteiger partial charge in [0.25, 0.3) is 0 Å². The lowest BCUT2D eigenvalue weighted by atomic mass is 10.3. The molecule has 0 spiro atoms. The van der Waals surface area contributed by atoms with Crippen LogP contribution in [0.25, 0.3) is 0 Å². The zero-order chi connectivity index (χ0) is 11.2. The molecule has 0 unspecified atom stereocenters. The summed E-state index contributed by atoms with van der Waals surface area (Å²) >= 11 is 3.84. The molecule has 1 aliphatic rings. The van der Waals surface area contributed by atoms with E-state index in [-0.39, 0.29) is 0 Å². The largest absolute Gasteiger partial charge is 0.314 e. The third kappa shape index (κ3) is 3.73. The quantitative estimate of drug-likeness (QED) is 0.890. The Labute approximate surface area is 106 Å². The molecule has 1 aromatic rings. The van der Waals surface area contributed by atoms with Crippen LogP contribution >= 0.6 is 23.1 Å². The summed E-state index contributed by atoms with van der Waals surface area (Å²) in [6.07, 6.45) is 1.32. The van der Waals surface area contributed by atoms with E-state index >= 15 is 0 Å². The number of thiazole rings is 1. The van der Waals surface area contributed by atoms with Gasteiger partial charge in [-0.15, -0.1) is 11.3 Å². The summed E-state index contributed by atoms with van der Waals surface area (Å²) in [6, 6.07) is 0. The van der Waals surface area contributed by atoms with Gasteiger partial charge in [0.1, 0.15) is 5.01 Å². The number of rotatable bonds is 4. The molecular formula is C11H19N3S2. The van der Waals surface area contributed by atoms with Crippen LogP contribution in [0.5, 0.6) is 0 Å². The van der Waals surface area contributed by atoms with Crippen molar-refractivity contribution in [3.8, 4) is 0 Å². The summed E-state index contributed by atoms with van der Waals surface area (Å²) in [4.78, 5) is 7.16. The van der Waals surface area contributed by atoms with Crippen molar-refractivity contribution < 1.29 is 0 Å². The van der Waals surface area contributed by atoms with Crippen LogP contribution in [-0.2, 0) is 13.1 Å². The van der Waals surface area contributed by atoms with Gasteiger partial charge >= 0.3 is 0 Å². The second-order valence-corrected chi connectivity index (χ2v) is 6.17. The lowest BCUT2D eigenvalue weighted by Crippen LogP contribution is -2.25. The second kappa shape index (κ2) is 6.59. The predicted octanol–water partition coefficient (Wildman–Crippen LogP) is 1.80. The van der Waals surface area contributed by atoms with Gasteiger partial charge in [-0.05, 0) is 25.8 Å². The van der Waals surface area contributed by atoms with Gasteiger partial charge < -0.3 is 5.32 Å². The Morgan fingerprint density at radius 1 is 1.44 bits per heavy atom. The van der Waals surface area contributed by atoms with Crippen molar-refractivity contribution in [3.63, 3.8) is 0 Å². The Balaban J connectivity index is 1.86. The standard InChI is InChI=1S/C11H19N3S2/c1-12-7-11-13-10(9-16-11)8-14-3-2-5-15-6-4-14/h9,12H,2-8H2,1H3. The molecule has 0 aromatic carbocycles. The van der Waals surface area contributed by atoms with Crippen molar-refractivity contribution in [2.24, 2.45) is 0 Å². The molecule has 0 saturated carbocycles. The Bertz CT molecular complexity index is 306. The molecular weight excluding hydrogens is 238 g/mol. The van der Waals surface area contributed by atoms with Crippen molar-refractivity contribution in [2.75, 3.05) is 31.6 Å². The smallest absolute Gasteiger partial charge is 0.107 e. The fraction of sp³-hybridized carbons (Fsp3) is 0.727. The van der Waals surface area contributed by atoms with Crippen LogP contribution in [0.3, 0.4) is 0 Å². The molecule has 0 atom stereocenters. The Morgan fingerprint density at radius 3 is 3.25 bits per heavy atom. The predicted molar refractivity (Wildman–Crippen MR) is 72.1 cm³/mol. The van der Waals surface area contributed by atoms with Crippen molar-refractivity contribution in [1.29, 1.82) is 0 Å². The molecule has 0 radical (unpaired) electrons. The van der Waals surface area contributed by atoms with Crippen LogP contribution in [0.15, 0.2) is 5.38 Å². The van der Waals surface area contributed by atoms with Crippen molar-refractivity contribution in [3.05, 3.63) is 16.1 Å². The Kier molecular flexibility index (Phi) is 5.09. The molecule has 1 saturated heterocycles. The maximum absolute atomic E-state index is 4.63. The maximum Gasteiger partial charge on any atom is 0.107 e. The summed E-state index contributed by atoms with van der Waals surface area (Å²) < 4.78 is 0. The number of nitrogens with one attached hydrogen (secondary N) is 1. The van der Waals surface area contributed by atoms with Gasteiger partial charge in [0, 0.05) is 30.8 Å². The first-order valence-corrected chi connectivity index (χ1v) is 7.80. The third-order valence-electron chi connectivity index (χ3n) is 2.63. The van der Waals surface area contributed by atoms with E-state index in [2.05, 4.69) is 32.3 Å². The van der Waals surface area contributed by atoms with Crippen LogP contribution in [0.4, 0.5) is 0 Å². The number of hydrogen-bond acceptors (Lipinski definition) is 5. The first-order valence-electron chi connectivity index (χ1n) is 5.76. The molecule has 0 amide bonds. The average molecular weight is 257 g/mol. The molecule has 2 heterocycles. The average Bonchev–Trinajstić information content (AvgIpc) is 2.56. The summed E-state index contributed by atoms with van der Waals surface area (Å²) in [5.74, 6) is 2.59. The minimum atomic E-state index is 0.889. The van der Waals surface area contributed by atoms with E-state index in [1.165, 1.54) is 41.7 Å². The van der Waals surface area contributed by atoms with E-state index < -0.39 is 0 Å². The van der Waals surface area contributed by atoms with Gasteiger partial charge in [-0.25, -0.2) is 4.98 Å². The van der Waals surface area contributed by atoms with Gasteiger partial charge in [0.2, 0.25) is 0 Å². The molecule has 2 rings (SSSR count). The van der Waals surface area contributed by atoms with E-state index in [1.807, 2.05) is 7.05 Å². The molecule has 1 aliphatic heterocycles. The summed E-state index contributed by atoms with van der Waals surface area (Å²) in [7, 11) is 1.97. The lowest BCUT2D eigenvalue weighted by Gasteiger charge is -2.17. The van der Waals surface area contributed by atoms with Gasteiger partial charge in [0.05, 0.1) is 5.69 Å². The highest BCUT2D eigenvalue weighted by atomic mass is 32.2. The number of hydrogen-bond donors (Lipinski definition) is 1. The highest BCUT2D eigenvalue weighted by Gasteiger charge is 2.11. The minimum Gasteiger partial charge on any atom is -0.314 e. The molecule has 1 aromatic heterocycles. The lowest BCUT2D eigenvalue weighted by molar-refractivity contribution is 0.284. The van der Waals surface area contributed by atoms with E-state index in [4.69, 9.17) is 0 Å². The van der Waals surface area contributed by atoms with Crippen LogP contribution in [0.2, 0.25) is 0 Å². The molecule has 90 valence electrons. The normalized spacial score (nSPS) is 18.6. The van der Waals surface area contributed by atoms with Gasteiger partial charge in [-0.3, -0.25) is 4.90 Å². The SMILES string of the molecule is CNCc1nc(CN2CCCSCC2)cs1. The zero-order valence-electron chi connectivity index (χ0n) is 9.74. The van der Waals surface area contributed by atoms with E-state index in [0.717, 1.165) is 13.1 Å². The summed E-state index contributed by atoms with van der Waals surface area (Å²) in [5.41, 5.74) is 1.24. The zero-order valence-corrected chi connectivity index (χ0v) is 11.4. The highest BCUT2D eigenvalue weighted by Crippen LogP contribution is 2.15. The van der Waals surface area contributed by atoms with Crippen LogP contribution in [0, 0.1) is 0 Å².